The number of hydrogen-bond donors (Lipinski definition) is 0. The van der Waals surface area contributed by atoms with Crippen molar-refractivity contribution in [2.24, 2.45) is 0 Å². The molecule has 0 spiro atoms. The molecule has 2 nitrogen and oxygen atoms in total. The van der Waals surface area contributed by atoms with E-state index in [1.54, 1.807) is 0 Å². The van der Waals surface area contributed by atoms with Crippen molar-refractivity contribution in [3.63, 3.8) is 0 Å². The first-order valence-corrected chi connectivity index (χ1v) is 27.1. The summed E-state index contributed by atoms with van der Waals surface area (Å²) in [6, 6.07) is -53.2. The molecular weight excluding hydrogens is 1110 g/mol. The molecule has 0 aliphatic heterocycles. The van der Waals surface area contributed by atoms with E-state index in [1.807, 2.05) is 0 Å². The first kappa shape index (κ1) is 21.3. The number of rotatable bonds is 7. The average Bonchev–Trinajstić information content (AvgIpc) is 0.859. The molecule has 0 radical (unpaired) electrons. The molecule has 2 heterocycles. The van der Waals surface area contributed by atoms with Gasteiger partial charge in [-0.1, -0.05) is 290 Å². The fourth-order valence-corrected chi connectivity index (χ4v) is 10.9. The van der Waals surface area contributed by atoms with Crippen LogP contribution in [0.1, 0.15) is 76.8 Å². The molecule has 428 valence electrons. The maximum Gasteiger partial charge on any atom is 0.136 e. The largest absolute Gasteiger partial charge is 0.456 e. The zero-order chi connectivity index (χ0) is 109. The minimum absolute atomic E-state index is 0.441. The second-order valence-electron chi connectivity index (χ2n) is 19.8. The Morgan fingerprint density at radius 1 is 0.163 bits per heavy atom. The van der Waals surface area contributed by atoms with Crippen LogP contribution in [0, 0.1) is 0 Å². The Labute approximate surface area is 610 Å². The third-order valence-electron chi connectivity index (χ3n) is 14.8. The molecule has 2 heteroatoms. The summed E-state index contributed by atoms with van der Waals surface area (Å²) in [5.41, 5.74) is -14.0. The molecular formula is C90H56O2. The summed E-state index contributed by atoms with van der Waals surface area (Å²) in [6.07, 6.45) is 0. The number of benzene rings is 17. The molecule has 92 heavy (non-hydrogen) atoms. The van der Waals surface area contributed by atoms with Gasteiger partial charge in [-0.05, 0) is 191 Å². The van der Waals surface area contributed by atoms with Gasteiger partial charge in [-0.15, -0.1) is 0 Å². The van der Waals surface area contributed by atoms with Crippen molar-refractivity contribution in [1.29, 1.82) is 0 Å². The second kappa shape index (κ2) is 21.9. The van der Waals surface area contributed by atoms with Gasteiger partial charge in [-0.3, -0.25) is 0 Å². The normalized spacial score (nSPS) is 20.2. The summed E-state index contributed by atoms with van der Waals surface area (Å²) in [6.45, 7) is 0. The summed E-state index contributed by atoms with van der Waals surface area (Å²) >= 11 is 0. The lowest BCUT2D eigenvalue weighted by Gasteiger charge is -2.20. The first-order valence-electron chi connectivity index (χ1n) is 55.1. The molecule has 19 aromatic rings. The van der Waals surface area contributed by atoms with Crippen LogP contribution in [0.3, 0.4) is 0 Å². The summed E-state index contributed by atoms with van der Waals surface area (Å²) in [7, 11) is 0. The zero-order valence-electron chi connectivity index (χ0n) is 102. The van der Waals surface area contributed by atoms with Crippen molar-refractivity contribution in [2.75, 3.05) is 0 Å². The lowest BCUT2D eigenvalue weighted by atomic mass is 9.83. The van der Waals surface area contributed by atoms with E-state index in [0.717, 1.165) is 0 Å². The molecule has 0 aliphatic rings. The number of fused-ring (bicyclic) bond motifs is 12. The predicted molar refractivity (Wildman–Crippen MR) is 391 cm³/mol. The van der Waals surface area contributed by atoms with E-state index in [-0.39, 0.29) is 0 Å². The maximum absolute atomic E-state index is 9.88. The maximum atomic E-state index is 9.88. The van der Waals surface area contributed by atoms with Crippen LogP contribution >= 0.6 is 0 Å². The van der Waals surface area contributed by atoms with Gasteiger partial charge in [0.05, 0.1) is 76.8 Å². The Morgan fingerprint density at radius 3 is 0.815 bits per heavy atom. The molecule has 0 amide bonds. The fourth-order valence-electron chi connectivity index (χ4n) is 10.9. The molecule has 0 saturated carbocycles. The van der Waals surface area contributed by atoms with E-state index >= 15 is 0 Å². The van der Waals surface area contributed by atoms with E-state index in [2.05, 4.69) is 0 Å². The standard InChI is InChI=1S/C48H30O.C42H26O/c1-2-12-31(13-3-1)32-22-24-33(25-23-32)37-16-6-7-17-38(37)48-41-20-10-8-18-39(41)47(40-19-9-11-21-42(40)48)36-26-27-45-43(29-36)44-28-34-14-4-5-15-35(34)30-46(44)49-45;1-2-12-27(13-3-1)31-16-6-7-17-32(31)42-35-20-10-8-18-33(35)41(34-19-9-11-21-36(34)42)30-22-23-39-37(25-30)38-24-28-14-4-5-15-29(28)26-40(38)43-39/h1-30H;1-26H/i1D,2D,3D,4D,5D,6D,7D,8D,9D,10D,11D,12D,13D,14D,15D,16D,17D,18D,19D,20D,21D,22D,23D,24D,25D,26D,27D,28D,29D,30D;1D,2D,3D,4D,5D,6D,7D,8D,9D,10D,11D,12D,13D,14D,15D,16D,17D,18D,19D,20D,21D,22D,23D,24D,25D,26D. The molecule has 0 aliphatic carbocycles. The Kier molecular flexibility index (Phi) is 5.06. The lowest BCUT2D eigenvalue weighted by Crippen LogP contribution is -1.92. The van der Waals surface area contributed by atoms with E-state index in [9.17, 15) is 31.5 Å². The van der Waals surface area contributed by atoms with Gasteiger partial charge in [-0.2, -0.15) is 0 Å². The van der Waals surface area contributed by atoms with Crippen molar-refractivity contribution < 1.29 is 85.6 Å². The van der Waals surface area contributed by atoms with Crippen LogP contribution in [0.5, 0.6) is 0 Å². The molecule has 0 saturated heterocycles. The highest BCUT2D eigenvalue weighted by Gasteiger charge is 2.23. The predicted octanol–water partition coefficient (Wildman–Crippen LogP) is 25.8. The quantitative estimate of drug-likeness (QED) is 0.149. The van der Waals surface area contributed by atoms with Crippen molar-refractivity contribution in [3.8, 4) is 77.9 Å². The molecule has 0 atom stereocenters. The Hall–Kier alpha value is -12.1. The van der Waals surface area contributed by atoms with Gasteiger partial charge >= 0.3 is 0 Å². The van der Waals surface area contributed by atoms with Gasteiger partial charge in [0.2, 0.25) is 0 Å². The summed E-state index contributed by atoms with van der Waals surface area (Å²) in [5.74, 6) is 0. The SMILES string of the molecule is [2H]c1c([2H])c([2H])c(-c2c([2H])c([2H])c(-c3c([2H])c([2H])c([2H])c([2H])c3-c3c4c([2H])c([2H])c([2H])c([2H])c4c(-c4c([2H])c([2H])c5oc6c([2H])c7c([2H])c([2H])c([2H])c([2H])c7c([2H])c6c5c4[2H])c4c([2H])c([2H])c([2H])c([2H])c34)c([2H])c2[2H])c([2H])c1[2H].[2H]c1c([2H])c([2H])c(-c2c([2H])c([2H])c([2H])c([2H])c2-c2c3c([2H])c([2H])c([2H])c([2H])c3c(-c3c([2H])c([2H])c4oc5c([2H])c6c([2H])c([2H])c([2H])c([2H])c6c([2H])c5c4c3[2H])c3c([2H])c([2H])c([2H])c([2H])c23)c([2H])c1[2H]. The topological polar surface area (TPSA) is 26.3 Å². The Morgan fingerprint density at radius 2 is 0.424 bits per heavy atom. The van der Waals surface area contributed by atoms with E-state index < -0.39 is 525 Å². The minimum atomic E-state index is -1.14. The van der Waals surface area contributed by atoms with Crippen LogP contribution in [0.4, 0.5) is 0 Å². The molecule has 0 N–H and O–H groups in total. The van der Waals surface area contributed by atoms with E-state index in [4.69, 9.17) is 54.1 Å². The van der Waals surface area contributed by atoms with E-state index in [1.165, 1.54) is 0 Å². The number of furan rings is 2. The van der Waals surface area contributed by atoms with Gasteiger partial charge in [0.25, 0.3) is 0 Å². The van der Waals surface area contributed by atoms with Crippen LogP contribution in [0.25, 0.3) is 186 Å². The molecule has 0 bridgehead atoms. The molecule has 0 fully saturated rings. The third kappa shape index (κ3) is 8.87. The smallest absolute Gasteiger partial charge is 0.136 e. The Bertz CT molecular complexity index is 9400. The fraction of sp³-hybridized carbons (Fsp3) is 0. The van der Waals surface area contributed by atoms with Gasteiger partial charge in [0, 0.05) is 21.5 Å². The minimum Gasteiger partial charge on any atom is -0.456 e. The molecule has 19 rings (SSSR count). The van der Waals surface area contributed by atoms with Gasteiger partial charge in [-0.25, -0.2) is 0 Å². The van der Waals surface area contributed by atoms with Crippen LogP contribution in [0.2, 0.25) is 0 Å². The van der Waals surface area contributed by atoms with Crippen LogP contribution in [-0.2, 0) is 0 Å². The highest BCUT2D eigenvalue weighted by molar-refractivity contribution is 6.25. The second-order valence-corrected chi connectivity index (χ2v) is 19.8. The van der Waals surface area contributed by atoms with Gasteiger partial charge in [0.1, 0.15) is 22.3 Å². The van der Waals surface area contributed by atoms with Crippen molar-refractivity contribution in [2.45, 2.75) is 0 Å². The van der Waals surface area contributed by atoms with Crippen molar-refractivity contribution in [3.05, 3.63) is 338 Å². The monoisotopic (exact) mass is 1220 g/mol. The van der Waals surface area contributed by atoms with Crippen LogP contribution in [-0.4, -0.2) is 0 Å². The van der Waals surface area contributed by atoms with Gasteiger partial charge < -0.3 is 8.83 Å². The third-order valence-corrected chi connectivity index (χ3v) is 14.8. The molecule has 2 aromatic heterocycles. The average molecular weight is 1230 g/mol. The zero-order valence-corrected chi connectivity index (χ0v) is 45.8. The molecule has 17 aromatic carbocycles. The summed E-state index contributed by atoms with van der Waals surface area (Å²) < 4.78 is 514. The summed E-state index contributed by atoms with van der Waals surface area (Å²) in [5, 5.41) is -10.2. The highest BCUT2D eigenvalue weighted by Crippen LogP contribution is 2.50. The van der Waals surface area contributed by atoms with E-state index in [0.29, 0.717) is 0 Å². The van der Waals surface area contributed by atoms with Gasteiger partial charge in [0.15, 0.2) is 0 Å². The van der Waals surface area contributed by atoms with Crippen molar-refractivity contribution >= 4 is 109 Å². The lowest BCUT2D eigenvalue weighted by molar-refractivity contribution is 0.669. The van der Waals surface area contributed by atoms with Crippen LogP contribution in [0.15, 0.2) is 347 Å². The highest BCUT2D eigenvalue weighted by atomic mass is 16.3. The van der Waals surface area contributed by atoms with Crippen molar-refractivity contribution in [1.82, 2.24) is 0 Å². The number of hydrogen-bond acceptors (Lipinski definition) is 2. The molecule has 0 unspecified atom stereocenters. The Balaban J connectivity index is 0.000000195. The first-order chi connectivity index (χ1) is 69.0. The van der Waals surface area contributed by atoms with Crippen LogP contribution < -0.4 is 0 Å². The summed E-state index contributed by atoms with van der Waals surface area (Å²) in [4.78, 5) is 0.